The molecule has 112 valence electrons. The highest BCUT2D eigenvalue weighted by Gasteiger charge is 2.02. The van der Waals surface area contributed by atoms with E-state index in [1.165, 1.54) is 5.56 Å². The molecule has 0 saturated carbocycles. The summed E-state index contributed by atoms with van der Waals surface area (Å²) in [6.07, 6.45) is 0. The van der Waals surface area contributed by atoms with Gasteiger partial charge in [-0.15, -0.1) is 0 Å². The van der Waals surface area contributed by atoms with Crippen molar-refractivity contribution in [3.8, 4) is 11.5 Å². The summed E-state index contributed by atoms with van der Waals surface area (Å²) >= 11 is 0. The van der Waals surface area contributed by atoms with Gasteiger partial charge in [0.1, 0.15) is 18.1 Å². The summed E-state index contributed by atoms with van der Waals surface area (Å²) in [4.78, 5) is 2.22. The van der Waals surface area contributed by atoms with Gasteiger partial charge in [0.25, 0.3) is 0 Å². The van der Waals surface area contributed by atoms with Crippen LogP contribution in [0.1, 0.15) is 5.56 Å². The third-order valence-corrected chi connectivity index (χ3v) is 3.21. The molecule has 0 radical (unpaired) electrons. The van der Waals surface area contributed by atoms with Gasteiger partial charge in [0.05, 0.1) is 7.11 Å². The van der Waals surface area contributed by atoms with Crippen LogP contribution in [-0.4, -0.2) is 32.2 Å². The van der Waals surface area contributed by atoms with Crippen molar-refractivity contribution in [3.05, 3.63) is 54.1 Å². The molecule has 0 aliphatic rings. The fraction of sp³-hybridized carbons (Fsp3) is 0.294. The molecular weight excluding hydrogens is 264 g/mol. The average molecular weight is 286 g/mol. The molecule has 0 amide bonds. The van der Waals surface area contributed by atoms with E-state index in [1.54, 1.807) is 7.11 Å². The minimum atomic E-state index is 0.635. The Labute approximate surface area is 126 Å². The van der Waals surface area contributed by atoms with Crippen molar-refractivity contribution in [2.45, 2.75) is 6.54 Å². The predicted molar refractivity (Wildman–Crippen MR) is 85.7 cm³/mol. The molecule has 2 aromatic carbocycles. The molecule has 0 bridgehead atoms. The van der Waals surface area contributed by atoms with Gasteiger partial charge in [0, 0.05) is 24.8 Å². The lowest BCUT2D eigenvalue weighted by Crippen LogP contribution is -2.23. The lowest BCUT2D eigenvalue weighted by molar-refractivity contribution is 0.233. The van der Waals surface area contributed by atoms with E-state index in [-0.39, 0.29) is 0 Å². The van der Waals surface area contributed by atoms with Crippen LogP contribution in [0.5, 0.6) is 11.5 Å². The predicted octanol–water partition coefficient (Wildman–Crippen LogP) is 2.79. The summed E-state index contributed by atoms with van der Waals surface area (Å²) < 4.78 is 10.8. The molecule has 2 aromatic rings. The maximum absolute atomic E-state index is 5.72. The van der Waals surface area contributed by atoms with E-state index < -0.39 is 0 Å². The Balaban J connectivity index is 1.75. The Kier molecular flexibility index (Phi) is 5.46. The molecule has 21 heavy (non-hydrogen) atoms. The smallest absolute Gasteiger partial charge is 0.121 e. The molecule has 0 aromatic heterocycles. The first-order chi connectivity index (χ1) is 10.2. The first-order valence-electron chi connectivity index (χ1n) is 6.97. The highest BCUT2D eigenvalue weighted by Crippen LogP contribution is 2.15. The Hall–Kier alpha value is -2.20. The van der Waals surface area contributed by atoms with Crippen molar-refractivity contribution in [3.63, 3.8) is 0 Å². The monoisotopic (exact) mass is 286 g/mol. The summed E-state index contributed by atoms with van der Waals surface area (Å²) in [5.41, 5.74) is 7.69. The van der Waals surface area contributed by atoms with Gasteiger partial charge in [-0.3, -0.25) is 4.90 Å². The van der Waals surface area contributed by atoms with E-state index in [2.05, 4.69) is 24.1 Å². The maximum atomic E-state index is 5.72. The molecule has 0 unspecified atom stereocenters. The van der Waals surface area contributed by atoms with Crippen LogP contribution in [0.4, 0.5) is 5.69 Å². The lowest BCUT2D eigenvalue weighted by atomic mass is 10.2. The van der Waals surface area contributed by atoms with E-state index in [9.17, 15) is 0 Å². The first kappa shape index (κ1) is 15.2. The first-order valence-corrected chi connectivity index (χ1v) is 6.97. The highest BCUT2D eigenvalue weighted by molar-refractivity contribution is 5.43. The molecule has 4 heteroatoms. The van der Waals surface area contributed by atoms with Crippen LogP contribution < -0.4 is 15.2 Å². The number of nitrogens with two attached hydrogens (primary N) is 1. The number of hydrogen-bond donors (Lipinski definition) is 1. The van der Waals surface area contributed by atoms with E-state index in [1.807, 2.05) is 36.4 Å². The van der Waals surface area contributed by atoms with Gasteiger partial charge in [0.15, 0.2) is 0 Å². The number of nitrogen functional groups attached to an aromatic ring is 1. The molecule has 0 atom stereocenters. The summed E-state index contributed by atoms with van der Waals surface area (Å²) in [7, 11) is 3.75. The zero-order valence-electron chi connectivity index (χ0n) is 12.6. The Bertz CT molecular complexity index is 555. The number of likely N-dealkylation sites (N-methyl/N-ethyl adjacent to an activating group) is 1. The van der Waals surface area contributed by atoms with Crippen molar-refractivity contribution in [1.82, 2.24) is 4.90 Å². The van der Waals surface area contributed by atoms with E-state index >= 15 is 0 Å². The van der Waals surface area contributed by atoms with Crippen LogP contribution in [0.3, 0.4) is 0 Å². The third-order valence-electron chi connectivity index (χ3n) is 3.21. The molecule has 2 rings (SSSR count). The van der Waals surface area contributed by atoms with Crippen LogP contribution >= 0.6 is 0 Å². The largest absolute Gasteiger partial charge is 0.497 e. The fourth-order valence-corrected chi connectivity index (χ4v) is 2.05. The second kappa shape index (κ2) is 7.55. The zero-order chi connectivity index (χ0) is 15.1. The molecular formula is C17H22N2O2. The van der Waals surface area contributed by atoms with Crippen molar-refractivity contribution >= 4 is 5.69 Å². The van der Waals surface area contributed by atoms with Crippen molar-refractivity contribution in [2.75, 3.05) is 33.0 Å². The topological polar surface area (TPSA) is 47.7 Å². The molecule has 2 N–H and O–H groups in total. The van der Waals surface area contributed by atoms with Crippen molar-refractivity contribution in [2.24, 2.45) is 0 Å². The van der Waals surface area contributed by atoms with Gasteiger partial charge in [-0.25, -0.2) is 0 Å². The van der Waals surface area contributed by atoms with Gasteiger partial charge in [-0.1, -0.05) is 18.2 Å². The second-order valence-corrected chi connectivity index (χ2v) is 5.01. The minimum absolute atomic E-state index is 0.635. The summed E-state index contributed by atoms with van der Waals surface area (Å²) in [5.74, 6) is 1.69. The molecule has 0 aliphatic heterocycles. The van der Waals surface area contributed by atoms with Crippen molar-refractivity contribution in [1.29, 1.82) is 0 Å². The molecule has 0 aliphatic carbocycles. The number of benzene rings is 2. The van der Waals surface area contributed by atoms with Crippen LogP contribution in [0.2, 0.25) is 0 Å². The number of methoxy groups -OCH3 is 1. The van der Waals surface area contributed by atoms with Crippen LogP contribution in [-0.2, 0) is 6.54 Å². The van der Waals surface area contributed by atoms with E-state index in [4.69, 9.17) is 15.2 Å². The third kappa shape index (κ3) is 5.00. The normalized spacial score (nSPS) is 10.6. The number of anilines is 1. The van der Waals surface area contributed by atoms with E-state index in [0.717, 1.165) is 30.3 Å². The van der Waals surface area contributed by atoms with Crippen LogP contribution in [0, 0.1) is 0 Å². The zero-order valence-corrected chi connectivity index (χ0v) is 12.6. The Morgan fingerprint density at radius 3 is 2.48 bits per heavy atom. The Morgan fingerprint density at radius 2 is 1.81 bits per heavy atom. The average Bonchev–Trinajstić information content (AvgIpc) is 2.48. The SMILES string of the molecule is COc1ccc(CN(C)CCOc2cccc(N)c2)cc1. The quantitative estimate of drug-likeness (QED) is 0.795. The number of ether oxygens (including phenoxy) is 2. The number of rotatable bonds is 7. The van der Waals surface area contributed by atoms with Gasteiger partial charge >= 0.3 is 0 Å². The van der Waals surface area contributed by atoms with Gasteiger partial charge in [-0.2, -0.15) is 0 Å². The standard InChI is InChI=1S/C17H22N2O2/c1-19(13-14-6-8-16(20-2)9-7-14)10-11-21-17-5-3-4-15(18)12-17/h3-9,12H,10-11,13,18H2,1-2H3. The lowest BCUT2D eigenvalue weighted by Gasteiger charge is -2.17. The van der Waals surface area contributed by atoms with Crippen LogP contribution in [0.25, 0.3) is 0 Å². The minimum Gasteiger partial charge on any atom is -0.497 e. The van der Waals surface area contributed by atoms with Gasteiger partial charge in [0.2, 0.25) is 0 Å². The van der Waals surface area contributed by atoms with Crippen LogP contribution in [0.15, 0.2) is 48.5 Å². The molecule has 4 nitrogen and oxygen atoms in total. The number of hydrogen-bond acceptors (Lipinski definition) is 4. The highest BCUT2D eigenvalue weighted by atomic mass is 16.5. The number of nitrogens with zero attached hydrogens (tertiary/aromatic N) is 1. The molecule has 0 spiro atoms. The maximum Gasteiger partial charge on any atom is 0.121 e. The molecule has 0 saturated heterocycles. The van der Waals surface area contributed by atoms with E-state index in [0.29, 0.717) is 6.61 Å². The molecule has 0 fully saturated rings. The molecule has 0 heterocycles. The van der Waals surface area contributed by atoms with Gasteiger partial charge < -0.3 is 15.2 Å². The fourth-order valence-electron chi connectivity index (χ4n) is 2.05. The summed E-state index contributed by atoms with van der Waals surface area (Å²) in [6.45, 7) is 2.36. The van der Waals surface area contributed by atoms with Crippen molar-refractivity contribution < 1.29 is 9.47 Å². The summed E-state index contributed by atoms with van der Waals surface area (Å²) in [6, 6.07) is 15.6. The summed E-state index contributed by atoms with van der Waals surface area (Å²) in [5, 5.41) is 0. The Morgan fingerprint density at radius 1 is 1.05 bits per heavy atom. The van der Waals surface area contributed by atoms with Gasteiger partial charge in [-0.05, 0) is 36.9 Å². The second-order valence-electron chi connectivity index (χ2n) is 5.01.